The van der Waals surface area contributed by atoms with E-state index in [1.54, 1.807) is 0 Å². The van der Waals surface area contributed by atoms with Gasteiger partial charge in [-0.1, -0.05) is 43.6 Å². The Hall–Kier alpha value is -0.0500. The number of alkyl halides is 1. The summed E-state index contributed by atoms with van der Waals surface area (Å²) in [5.41, 5.74) is 0. The summed E-state index contributed by atoms with van der Waals surface area (Å²) in [7, 11) is 0. The Morgan fingerprint density at radius 1 is 1.36 bits per heavy atom. The van der Waals surface area contributed by atoms with E-state index in [0.29, 0.717) is 10.7 Å². The second kappa shape index (κ2) is 7.27. The highest BCUT2D eigenvalue weighted by molar-refractivity contribution is 9.09. The van der Waals surface area contributed by atoms with Crippen LogP contribution in [0.2, 0.25) is 0 Å². The second-order valence-electron chi connectivity index (χ2n) is 4.28. The number of hydrogen-bond donors (Lipinski definition) is 1. The molecule has 0 aromatic rings. The topological polar surface area (TPSA) is 29.1 Å². The quantitative estimate of drug-likeness (QED) is 0.734. The lowest BCUT2D eigenvalue weighted by Crippen LogP contribution is -2.33. The van der Waals surface area contributed by atoms with Crippen molar-refractivity contribution in [1.82, 2.24) is 5.32 Å². The van der Waals surface area contributed by atoms with E-state index in [0.717, 1.165) is 19.4 Å². The first-order valence-electron chi connectivity index (χ1n) is 5.39. The molecule has 0 rings (SSSR count). The number of rotatable bonds is 6. The van der Waals surface area contributed by atoms with Gasteiger partial charge in [-0.15, -0.1) is 0 Å². The van der Waals surface area contributed by atoms with Crippen LogP contribution in [-0.2, 0) is 4.79 Å². The van der Waals surface area contributed by atoms with Crippen molar-refractivity contribution in [2.75, 3.05) is 6.54 Å². The van der Waals surface area contributed by atoms with Gasteiger partial charge in [-0.2, -0.15) is 0 Å². The van der Waals surface area contributed by atoms with Gasteiger partial charge < -0.3 is 5.32 Å². The number of hydrogen-bond acceptors (Lipinski definition) is 1. The van der Waals surface area contributed by atoms with Crippen LogP contribution in [0.1, 0.15) is 40.5 Å². The van der Waals surface area contributed by atoms with Crippen LogP contribution in [0.25, 0.3) is 0 Å². The van der Waals surface area contributed by atoms with Gasteiger partial charge in [0.05, 0.1) is 0 Å². The maximum Gasteiger partial charge on any atom is 0.222 e. The summed E-state index contributed by atoms with van der Waals surface area (Å²) in [4.78, 5) is 11.8. The van der Waals surface area contributed by atoms with Crippen LogP contribution >= 0.6 is 15.9 Å². The molecule has 14 heavy (non-hydrogen) atoms. The smallest absolute Gasteiger partial charge is 0.222 e. The first-order chi connectivity index (χ1) is 6.47. The summed E-state index contributed by atoms with van der Waals surface area (Å²) >= 11 is 3.56. The SMILES string of the molecule is CCC(C)C(=O)NCC(Br)CC(C)C. The highest BCUT2D eigenvalue weighted by Gasteiger charge is 2.12. The third-order valence-corrected chi connectivity index (χ3v) is 2.98. The van der Waals surface area contributed by atoms with Gasteiger partial charge >= 0.3 is 0 Å². The molecule has 1 amide bonds. The predicted molar refractivity (Wildman–Crippen MR) is 64.6 cm³/mol. The summed E-state index contributed by atoms with van der Waals surface area (Å²) < 4.78 is 0. The van der Waals surface area contributed by atoms with Crippen LogP contribution in [0.3, 0.4) is 0 Å². The van der Waals surface area contributed by atoms with Gasteiger partial charge in [-0.3, -0.25) is 4.79 Å². The number of amides is 1. The first-order valence-corrected chi connectivity index (χ1v) is 6.30. The Morgan fingerprint density at radius 3 is 2.36 bits per heavy atom. The number of halogens is 1. The molecule has 84 valence electrons. The number of nitrogens with one attached hydrogen (secondary N) is 1. The summed E-state index contributed by atoms with van der Waals surface area (Å²) in [6, 6.07) is 0. The van der Waals surface area contributed by atoms with Crippen molar-refractivity contribution in [3.05, 3.63) is 0 Å². The molecule has 3 heteroatoms. The normalized spacial score (nSPS) is 15.3. The minimum atomic E-state index is 0.133. The molecule has 0 aromatic carbocycles. The van der Waals surface area contributed by atoms with Gasteiger partial charge in [-0.25, -0.2) is 0 Å². The molecular formula is C11H22BrNO. The number of carbonyl (C=O) groups is 1. The molecule has 1 N–H and O–H groups in total. The van der Waals surface area contributed by atoms with Gasteiger partial charge in [0, 0.05) is 17.3 Å². The van der Waals surface area contributed by atoms with Crippen LogP contribution < -0.4 is 5.32 Å². The molecule has 0 saturated carbocycles. The Morgan fingerprint density at radius 2 is 1.93 bits per heavy atom. The molecule has 0 heterocycles. The summed E-state index contributed by atoms with van der Waals surface area (Å²) in [5.74, 6) is 0.967. The monoisotopic (exact) mass is 263 g/mol. The lowest BCUT2D eigenvalue weighted by molar-refractivity contribution is -0.124. The molecule has 0 aliphatic rings. The summed E-state index contributed by atoms with van der Waals surface area (Å²) in [6.07, 6.45) is 2.00. The van der Waals surface area contributed by atoms with Gasteiger partial charge in [0.15, 0.2) is 0 Å². The number of carbonyl (C=O) groups excluding carboxylic acids is 1. The fourth-order valence-corrected chi connectivity index (χ4v) is 2.08. The molecule has 2 atom stereocenters. The fraction of sp³-hybridized carbons (Fsp3) is 0.909. The van der Waals surface area contributed by atoms with Crippen molar-refractivity contribution >= 4 is 21.8 Å². The maximum atomic E-state index is 11.4. The van der Waals surface area contributed by atoms with Crippen molar-refractivity contribution in [2.24, 2.45) is 11.8 Å². The molecule has 0 aromatic heterocycles. The molecule has 0 fully saturated rings. The van der Waals surface area contributed by atoms with Crippen molar-refractivity contribution in [2.45, 2.75) is 45.4 Å². The van der Waals surface area contributed by atoms with Crippen LogP contribution in [0.15, 0.2) is 0 Å². The van der Waals surface area contributed by atoms with Gasteiger partial charge in [0.25, 0.3) is 0 Å². The Labute approximate surface area is 96.0 Å². The van der Waals surface area contributed by atoms with Gasteiger partial charge in [0.2, 0.25) is 5.91 Å². The molecule has 2 unspecified atom stereocenters. The maximum absolute atomic E-state index is 11.4. The van der Waals surface area contributed by atoms with E-state index in [-0.39, 0.29) is 11.8 Å². The van der Waals surface area contributed by atoms with E-state index < -0.39 is 0 Å². The van der Waals surface area contributed by atoms with E-state index in [9.17, 15) is 4.79 Å². The van der Waals surface area contributed by atoms with E-state index in [1.165, 1.54) is 0 Å². The molecular weight excluding hydrogens is 242 g/mol. The zero-order valence-corrected chi connectivity index (χ0v) is 11.2. The van der Waals surface area contributed by atoms with E-state index >= 15 is 0 Å². The average Bonchev–Trinajstić information content (AvgIpc) is 2.11. The van der Waals surface area contributed by atoms with Crippen LogP contribution in [0.5, 0.6) is 0 Å². The largest absolute Gasteiger partial charge is 0.355 e. The fourth-order valence-electron chi connectivity index (χ4n) is 1.17. The molecule has 0 saturated heterocycles. The molecule has 0 aliphatic carbocycles. The van der Waals surface area contributed by atoms with E-state index in [1.807, 2.05) is 13.8 Å². The van der Waals surface area contributed by atoms with Crippen LogP contribution in [-0.4, -0.2) is 17.3 Å². The third kappa shape index (κ3) is 6.41. The predicted octanol–water partition coefficient (Wildman–Crippen LogP) is 2.96. The first kappa shape index (κ1) is 13.9. The van der Waals surface area contributed by atoms with Crippen LogP contribution in [0.4, 0.5) is 0 Å². The molecule has 2 nitrogen and oxygen atoms in total. The zero-order valence-electron chi connectivity index (χ0n) is 9.64. The third-order valence-electron chi connectivity index (χ3n) is 2.28. The molecule has 0 aliphatic heterocycles. The standard InChI is InChI=1S/C11H22BrNO/c1-5-9(4)11(14)13-7-10(12)6-8(2)3/h8-10H,5-7H2,1-4H3,(H,13,14). The van der Waals surface area contributed by atoms with E-state index in [2.05, 4.69) is 35.1 Å². The van der Waals surface area contributed by atoms with Crippen molar-refractivity contribution in [3.8, 4) is 0 Å². The van der Waals surface area contributed by atoms with Crippen LogP contribution in [0, 0.1) is 11.8 Å². The Kier molecular flexibility index (Phi) is 7.24. The Bertz CT molecular complexity index is 171. The van der Waals surface area contributed by atoms with Crippen molar-refractivity contribution in [1.29, 1.82) is 0 Å². The zero-order chi connectivity index (χ0) is 11.1. The second-order valence-corrected chi connectivity index (χ2v) is 5.58. The minimum Gasteiger partial charge on any atom is -0.355 e. The molecule has 0 radical (unpaired) electrons. The van der Waals surface area contributed by atoms with Gasteiger partial charge in [0.1, 0.15) is 0 Å². The minimum absolute atomic E-state index is 0.133. The summed E-state index contributed by atoms with van der Waals surface area (Å²) in [5, 5.41) is 2.95. The molecule has 0 bridgehead atoms. The van der Waals surface area contributed by atoms with Crippen molar-refractivity contribution in [3.63, 3.8) is 0 Å². The average molecular weight is 264 g/mol. The van der Waals surface area contributed by atoms with E-state index in [4.69, 9.17) is 0 Å². The lowest BCUT2D eigenvalue weighted by atomic mass is 10.1. The Balaban J connectivity index is 3.66. The molecule has 0 spiro atoms. The highest BCUT2D eigenvalue weighted by Crippen LogP contribution is 2.11. The van der Waals surface area contributed by atoms with Gasteiger partial charge in [-0.05, 0) is 18.8 Å². The van der Waals surface area contributed by atoms with Crippen molar-refractivity contribution < 1.29 is 4.79 Å². The summed E-state index contributed by atoms with van der Waals surface area (Å²) in [6.45, 7) is 9.10. The highest BCUT2D eigenvalue weighted by atomic mass is 79.9. The lowest BCUT2D eigenvalue weighted by Gasteiger charge is -2.15.